The maximum absolute atomic E-state index is 13.8. The van der Waals surface area contributed by atoms with Crippen LogP contribution in [0.3, 0.4) is 0 Å². The molecule has 0 amide bonds. The molecule has 9 nitrogen and oxygen atoms in total. The number of Topliss-reactive ketones (excluding diaryl/α,β-unsaturated/α-hetero) is 1. The van der Waals surface area contributed by atoms with Gasteiger partial charge in [0, 0.05) is 25.2 Å². The van der Waals surface area contributed by atoms with Crippen molar-refractivity contribution in [2.24, 2.45) is 5.92 Å². The number of nitrogens with zero attached hydrogens (tertiary/aromatic N) is 3. The van der Waals surface area contributed by atoms with Gasteiger partial charge in [-0.25, -0.2) is 9.29 Å². The number of carbonyl (C=O) groups is 1. The minimum Gasteiger partial charge on any atom is -0.468 e. The molecule has 2 aliphatic rings. The molecule has 0 bridgehead atoms. The number of anilines is 1. The molecular weight excluding hydrogens is 517 g/mol. The number of rotatable bonds is 7. The molecule has 1 saturated heterocycles. The zero-order valence-electron chi connectivity index (χ0n) is 19.1. The van der Waals surface area contributed by atoms with Crippen LogP contribution in [0.4, 0.5) is 5.69 Å². The molecule has 1 aromatic carbocycles. The number of ether oxygens (including phenoxy) is 1. The average molecular weight is 544 g/mol. The Balaban J connectivity index is 1.70. The fourth-order valence-electron chi connectivity index (χ4n) is 4.44. The van der Waals surface area contributed by atoms with Gasteiger partial charge in [0.25, 0.3) is 0 Å². The second-order valence-electron chi connectivity index (χ2n) is 8.91. The summed E-state index contributed by atoms with van der Waals surface area (Å²) in [5, 5.41) is 20.0. The zero-order chi connectivity index (χ0) is 25.3. The number of fused-ring (bicyclic) bond motifs is 1. The van der Waals surface area contributed by atoms with Gasteiger partial charge in [0.15, 0.2) is 5.78 Å². The van der Waals surface area contributed by atoms with Crippen LogP contribution in [0, 0.1) is 5.92 Å². The predicted molar refractivity (Wildman–Crippen MR) is 132 cm³/mol. The molecule has 190 valence electrons. The molecule has 3 heterocycles. The summed E-state index contributed by atoms with van der Waals surface area (Å²) in [6, 6.07) is 5.77. The van der Waals surface area contributed by atoms with Gasteiger partial charge in [-0.15, -0.1) is 0 Å². The third kappa shape index (κ3) is 5.28. The first-order valence-electron chi connectivity index (χ1n) is 11.3. The summed E-state index contributed by atoms with van der Waals surface area (Å²) >= 11 is 12.3. The van der Waals surface area contributed by atoms with Gasteiger partial charge in [-0.1, -0.05) is 36.2 Å². The van der Waals surface area contributed by atoms with E-state index in [1.165, 1.54) is 16.6 Å². The number of carbonyl (C=O) groups excluding carboxylic acids is 1. The summed E-state index contributed by atoms with van der Waals surface area (Å²) in [5.41, 5.74) is 0.796. The number of ketones is 1. The molecule has 3 atom stereocenters. The number of hydrogen-bond donors (Lipinski definition) is 2. The maximum Gasteiger partial charge on any atom is 0.304 e. The van der Waals surface area contributed by atoms with Crippen molar-refractivity contribution in [2.75, 3.05) is 30.6 Å². The van der Waals surface area contributed by atoms with Crippen molar-refractivity contribution < 1.29 is 28.2 Å². The Hall–Kier alpha value is -1.95. The van der Waals surface area contributed by atoms with Crippen molar-refractivity contribution in [3.8, 4) is 5.88 Å². The lowest BCUT2D eigenvalue weighted by molar-refractivity contribution is 0.0992. The molecule has 35 heavy (non-hydrogen) atoms. The predicted octanol–water partition coefficient (Wildman–Crippen LogP) is 2.71. The van der Waals surface area contributed by atoms with Crippen molar-refractivity contribution in [3.63, 3.8) is 0 Å². The highest BCUT2D eigenvalue weighted by atomic mass is 35.5. The molecule has 2 N–H and O–H groups in total. The Kier molecular flexibility index (Phi) is 7.89. The smallest absolute Gasteiger partial charge is 0.304 e. The Morgan fingerprint density at radius 1 is 1.17 bits per heavy atom. The van der Waals surface area contributed by atoms with Crippen molar-refractivity contribution in [3.05, 3.63) is 51.6 Å². The van der Waals surface area contributed by atoms with Gasteiger partial charge in [-0.2, -0.15) is 12.7 Å². The summed E-state index contributed by atoms with van der Waals surface area (Å²) in [6.07, 6.45) is 1.86. The van der Waals surface area contributed by atoms with Crippen LogP contribution >= 0.6 is 23.2 Å². The summed E-state index contributed by atoms with van der Waals surface area (Å²) in [5.74, 6) is -0.174. The second kappa shape index (κ2) is 10.6. The molecule has 2 aliphatic heterocycles. The molecule has 2 aromatic rings. The summed E-state index contributed by atoms with van der Waals surface area (Å²) in [6.45, 7) is 1.39. The molecule has 1 fully saturated rings. The number of benzene rings is 1. The molecule has 0 unspecified atom stereocenters. The highest BCUT2D eigenvalue weighted by Gasteiger charge is 2.42. The van der Waals surface area contributed by atoms with Gasteiger partial charge in [0.05, 0.1) is 35.4 Å². The Morgan fingerprint density at radius 3 is 2.54 bits per heavy atom. The first-order valence-corrected chi connectivity index (χ1v) is 13.4. The SMILES string of the molecule is C[C@H]1CC[C@H](CO)N(S(=O)(=O)N2C[C@H](CO)Oc3ncc(CC(=O)c4c(Cl)cccc4Cl)cc32)C1. The van der Waals surface area contributed by atoms with E-state index in [0.717, 1.165) is 10.7 Å². The van der Waals surface area contributed by atoms with Crippen LogP contribution in [0.2, 0.25) is 10.0 Å². The van der Waals surface area contributed by atoms with Gasteiger partial charge in [0.1, 0.15) is 11.8 Å². The van der Waals surface area contributed by atoms with Gasteiger partial charge in [-0.3, -0.25) is 4.79 Å². The van der Waals surface area contributed by atoms with Crippen molar-refractivity contribution in [1.82, 2.24) is 9.29 Å². The lowest BCUT2D eigenvalue weighted by Crippen LogP contribution is -2.56. The summed E-state index contributed by atoms with van der Waals surface area (Å²) in [7, 11) is -4.10. The Morgan fingerprint density at radius 2 is 1.89 bits per heavy atom. The topological polar surface area (TPSA) is 120 Å². The van der Waals surface area contributed by atoms with Crippen LogP contribution in [0.5, 0.6) is 5.88 Å². The van der Waals surface area contributed by atoms with Crippen molar-refractivity contribution in [1.29, 1.82) is 0 Å². The van der Waals surface area contributed by atoms with E-state index >= 15 is 0 Å². The number of aliphatic hydroxyl groups is 2. The van der Waals surface area contributed by atoms with Crippen LogP contribution in [-0.2, 0) is 16.6 Å². The van der Waals surface area contributed by atoms with Crippen molar-refractivity contribution >= 4 is 44.9 Å². The number of aromatic nitrogens is 1. The minimum absolute atomic E-state index is 0.0384. The lowest BCUT2D eigenvalue weighted by atomic mass is 9.97. The van der Waals surface area contributed by atoms with Gasteiger partial charge in [0.2, 0.25) is 5.88 Å². The third-order valence-electron chi connectivity index (χ3n) is 6.29. The van der Waals surface area contributed by atoms with Crippen LogP contribution in [0.1, 0.15) is 35.7 Å². The van der Waals surface area contributed by atoms with Crippen LogP contribution in [0.15, 0.2) is 30.5 Å². The molecule has 4 rings (SSSR count). The Bertz CT molecular complexity index is 1190. The highest BCUT2D eigenvalue weighted by molar-refractivity contribution is 7.90. The molecule has 12 heteroatoms. The first-order chi connectivity index (χ1) is 16.6. The van der Waals surface area contributed by atoms with E-state index < -0.39 is 29.0 Å². The number of hydrogen-bond acceptors (Lipinski definition) is 7. The lowest BCUT2D eigenvalue weighted by Gasteiger charge is -2.42. The van der Waals surface area contributed by atoms with E-state index in [1.54, 1.807) is 18.2 Å². The molecule has 0 aliphatic carbocycles. The molecule has 0 saturated carbocycles. The number of pyridine rings is 1. The fourth-order valence-corrected chi connectivity index (χ4v) is 7.03. The monoisotopic (exact) mass is 543 g/mol. The van der Waals surface area contributed by atoms with E-state index in [0.29, 0.717) is 12.0 Å². The maximum atomic E-state index is 13.8. The van der Waals surface area contributed by atoms with E-state index in [2.05, 4.69) is 4.98 Å². The standard InChI is InChI=1S/C23H27Cl2N3O6S/c1-14-5-6-16(12-29)27(10-14)35(32,33)28-11-17(13-30)34-23-20(28)7-15(9-26-23)8-21(31)22-18(24)3-2-4-19(22)25/h2-4,7,9,14,16-17,29-30H,5-6,8,10-13H2,1H3/t14-,16+,17+/m0/s1. The summed E-state index contributed by atoms with van der Waals surface area (Å²) in [4.78, 5) is 17.2. The van der Waals surface area contributed by atoms with Crippen LogP contribution < -0.4 is 9.04 Å². The zero-order valence-corrected chi connectivity index (χ0v) is 21.4. The van der Waals surface area contributed by atoms with E-state index in [-0.39, 0.29) is 65.0 Å². The molecule has 1 aromatic heterocycles. The third-order valence-corrected chi connectivity index (χ3v) is 8.87. The van der Waals surface area contributed by atoms with Gasteiger partial charge < -0.3 is 14.9 Å². The van der Waals surface area contributed by atoms with Gasteiger partial charge >= 0.3 is 10.2 Å². The average Bonchev–Trinajstić information content (AvgIpc) is 2.83. The second-order valence-corrected chi connectivity index (χ2v) is 11.5. The molecular formula is C23H27Cl2N3O6S. The van der Waals surface area contributed by atoms with Crippen LogP contribution in [-0.4, -0.2) is 72.2 Å². The number of piperidine rings is 1. The van der Waals surface area contributed by atoms with Crippen LogP contribution in [0.25, 0.3) is 0 Å². The van der Waals surface area contributed by atoms with E-state index in [9.17, 15) is 23.4 Å². The van der Waals surface area contributed by atoms with E-state index in [1.807, 2.05) is 6.92 Å². The number of halogens is 2. The highest BCUT2D eigenvalue weighted by Crippen LogP contribution is 2.37. The number of aliphatic hydroxyl groups excluding tert-OH is 2. The van der Waals surface area contributed by atoms with E-state index in [4.69, 9.17) is 27.9 Å². The largest absolute Gasteiger partial charge is 0.468 e. The quantitative estimate of drug-likeness (QED) is 0.515. The Labute approximate surface area is 214 Å². The van der Waals surface area contributed by atoms with Gasteiger partial charge in [-0.05, 0) is 42.5 Å². The molecule has 0 spiro atoms. The summed E-state index contributed by atoms with van der Waals surface area (Å²) < 4.78 is 35.7. The first kappa shape index (κ1) is 26.1. The van der Waals surface area contributed by atoms with Crippen molar-refractivity contribution in [2.45, 2.75) is 38.3 Å². The normalized spacial score (nSPS) is 23.0. The molecule has 0 radical (unpaired) electrons. The minimum atomic E-state index is -4.10. The fraction of sp³-hybridized carbons (Fsp3) is 0.478.